The standard InChI is InChI=1S/C16H21ClN2O/c1-10-4-5-15-14(8-10)18-16(12(3)17)19(15)13-6-7-20-11(2)9-13/h4-5,8,11-13H,6-7,9H2,1-3H3. The molecule has 0 radical (unpaired) electrons. The molecular weight excluding hydrogens is 272 g/mol. The number of alkyl halides is 1. The van der Waals surface area contributed by atoms with Gasteiger partial charge in [0.1, 0.15) is 5.82 Å². The van der Waals surface area contributed by atoms with Gasteiger partial charge in [-0.15, -0.1) is 11.6 Å². The molecule has 1 aliphatic rings. The summed E-state index contributed by atoms with van der Waals surface area (Å²) in [5.74, 6) is 0.978. The fraction of sp³-hybridized carbons (Fsp3) is 0.562. The van der Waals surface area contributed by atoms with Crippen molar-refractivity contribution in [3.05, 3.63) is 29.6 Å². The van der Waals surface area contributed by atoms with E-state index in [-0.39, 0.29) is 5.38 Å². The average Bonchev–Trinajstić information content (AvgIpc) is 2.77. The maximum absolute atomic E-state index is 6.36. The molecule has 1 aromatic carbocycles. The van der Waals surface area contributed by atoms with Gasteiger partial charge in [-0.3, -0.25) is 0 Å². The van der Waals surface area contributed by atoms with Gasteiger partial charge < -0.3 is 9.30 Å². The summed E-state index contributed by atoms with van der Waals surface area (Å²) in [5.41, 5.74) is 3.47. The van der Waals surface area contributed by atoms with Crippen LogP contribution in [0.5, 0.6) is 0 Å². The first-order chi connectivity index (χ1) is 9.56. The van der Waals surface area contributed by atoms with Gasteiger partial charge in [0, 0.05) is 12.6 Å². The van der Waals surface area contributed by atoms with Gasteiger partial charge in [0.25, 0.3) is 0 Å². The summed E-state index contributed by atoms with van der Waals surface area (Å²) in [5, 5.41) is -0.0825. The third kappa shape index (κ3) is 2.45. The van der Waals surface area contributed by atoms with Crippen molar-refractivity contribution in [1.82, 2.24) is 9.55 Å². The van der Waals surface area contributed by atoms with Crippen LogP contribution in [0.15, 0.2) is 18.2 Å². The zero-order valence-electron chi connectivity index (χ0n) is 12.3. The lowest BCUT2D eigenvalue weighted by atomic mass is 10.0. The minimum atomic E-state index is -0.0825. The molecule has 1 saturated heterocycles. The van der Waals surface area contributed by atoms with Crippen LogP contribution in [0.2, 0.25) is 0 Å². The van der Waals surface area contributed by atoms with Gasteiger partial charge in [-0.2, -0.15) is 0 Å². The average molecular weight is 293 g/mol. The predicted octanol–water partition coefficient (Wildman–Crippen LogP) is 4.38. The van der Waals surface area contributed by atoms with E-state index in [1.807, 2.05) is 6.92 Å². The Morgan fingerprint density at radius 2 is 2.25 bits per heavy atom. The molecule has 3 unspecified atom stereocenters. The van der Waals surface area contributed by atoms with Crippen LogP contribution >= 0.6 is 11.6 Å². The highest BCUT2D eigenvalue weighted by atomic mass is 35.5. The molecule has 0 spiro atoms. The van der Waals surface area contributed by atoms with Crippen LogP contribution in [0.1, 0.15) is 49.5 Å². The van der Waals surface area contributed by atoms with Gasteiger partial charge in [-0.1, -0.05) is 6.07 Å². The zero-order chi connectivity index (χ0) is 14.3. The summed E-state index contributed by atoms with van der Waals surface area (Å²) in [6.45, 7) is 7.04. The Kier molecular flexibility index (Phi) is 3.74. The Hall–Kier alpha value is -1.06. The fourth-order valence-corrected chi connectivity index (χ4v) is 3.25. The minimum absolute atomic E-state index is 0.0825. The number of ether oxygens (including phenoxy) is 1. The molecule has 3 nitrogen and oxygen atoms in total. The van der Waals surface area contributed by atoms with Gasteiger partial charge in [0.2, 0.25) is 0 Å². The number of nitrogens with zero attached hydrogens (tertiary/aromatic N) is 2. The number of hydrogen-bond acceptors (Lipinski definition) is 2. The van der Waals surface area contributed by atoms with E-state index in [9.17, 15) is 0 Å². The quantitative estimate of drug-likeness (QED) is 0.768. The first-order valence-electron chi connectivity index (χ1n) is 7.30. The topological polar surface area (TPSA) is 27.1 Å². The van der Waals surface area contributed by atoms with Crippen LogP contribution < -0.4 is 0 Å². The molecule has 1 fully saturated rings. The number of hydrogen-bond donors (Lipinski definition) is 0. The van der Waals surface area contributed by atoms with Crippen molar-refractivity contribution in [3.8, 4) is 0 Å². The lowest BCUT2D eigenvalue weighted by Gasteiger charge is -2.30. The van der Waals surface area contributed by atoms with Crippen molar-refractivity contribution in [2.45, 2.75) is 51.1 Å². The van der Waals surface area contributed by atoms with E-state index in [0.717, 1.165) is 30.8 Å². The summed E-state index contributed by atoms with van der Waals surface area (Å²) in [6, 6.07) is 6.88. The number of aromatic nitrogens is 2. The van der Waals surface area contributed by atoms with Crippen LogP contribution in [0.3, 0.4) is 0 Å². The van der Waals surface area contributed by atoms with Crippen molar-refractivity contribution in [2.24, 2.45) is 0 Å². The van der Waals surface area contributed by atoms with E-state index in [4.69, 9.17) is 21.3 Å². The molecule has 20 heavy (non-hydrogen) atoms. The second-order valence-corrected chi connectivity index (χ2v) is 6.46. The fourth-order valence-electron chi connectivity index (χ4n) is 3.10. The third-order valence-corrected chi connectivity index (χ3v) is 4.25. The zero-order valence-corrected chi connectivity index (χ0v) is 13.0. The Bertz CT molecular complexity index is 620. The molecule has 0 aliphatic carbocycles. The molecule has 3 atom stereocenters. The highest BCUT2D eigenvalue weighted by Gasteiger charge is 2.26. The SMILES string of the molecule is Cc1ccc2c(c1)nc(C(C)Cl)n2C1CCOC(C)C1. The van der Waals surface area contributed by atoms with Crippen LogP contribution in [0.4, 0.5) is 0 Å². The first kappa shape index (κ1) is 13.9. The monoisotopic (exact) mass is 292 g/mol. The number of benzene rings is 1. The molecule has 2 heterocycles. The minimum Gasteiger partial charge on any atom is -0.378 e. The van der Waals surface area contributed by atoms with Crippen molar-refractivity contribution in [3.63, 3.8) is 0 Å². The van der Waals surface area contributed by atoms with E-state index in [1.54, 1.807) is 0 Å². The largest absolute Gasteiger partial charge is 0.378 e. The highest BCUT2D eigenvalue weighted by molar-refractivity contribution is 6.20. The third-order valence-electron chi connectivity index (χ3n) is 4.05. The van der Waals surface area contributed by atoms with Gasteiger partial charge in [0.15, 0.2) is 0 Å². The normalized spacial score (nSPS) is 25.0. The lowest BCUT2D eigenvalue weighted by molar-refractivity contribution is 0.00621. The van der Waals surface area contributed by atoms with Crippen molar-refractivity contribution in [1.29, 1.82) is 0 Å². The second-order valence-electron chi connectivity index (χ2n) is 5.81. The van der Waals surface area contributed by atoms with Gasteiger partial charge in [0.05, 0.1) is 22.5 Å². The molecule has 3 rings (SSSR count). The number of imidazole rings is 1. The smallest absolute Gasteiger partial charge is 0.127 e. The van der Waals surface area contributed by atoms with E-state index in [1.165, 1.54) is 11.1 Å². The molecule has 2 aromatic rings. The summed E-state index contributed by atoms with van der Waals surface area (Å²) in [7, 11) is 0. The van der Waals surface area contributed by atoms with Gasteiger partial charge in [-0.05, 0) is 51.3 Å². The summed E-state index contributed by atoms with van der Waals surface area (Å²) >= 11 is 6.36. The molecule has 108 valence electrons. The van der Waals surface area contributed by atoms with E-state index in [2.05, 4.69) is 36.6 Å². The number of fused-ring (bicyclic) bond motifs is 1. The Morgan fingerprint density at radius 1 is 1.45 bits per heavy atom. The van der Waals surface area contributed by atoms with Crippen molar-refractivity contribution < 1.29 is 4.74 Å². The second kappa shape index (κ2) is 5.38. The van der Waals surface area contributed by atoms with Gasteiger partial charge >= 0.3 is 0 Å². The summed E-state index contributed by atoms with van der Waals surface area (Å²) in [4.78, 5) is 4.76. The van der Waals surface area contributed by atoms with Crippen LogP contribution in [-0.4, -0.2) is 22.3 Å². The van der Waals surface area contributed by atoms with Crippen molar-refractivity contribution >= 4 is 22.6 Å². The van der Waals surface area contributed by atoms with Crippen LogP contribution in [-0.2, 0) is 4.74 Å². The number of halogens is 1. The number of aryl methyl sites for hydroxylation is 1. The lowest BCUT2D eigenvalue weighted by Crippen LogP contribution is -2.26. The molecule has 0 saturated carbocycles. The maximum atomic E-state index is 6.36. The van der Waals surface area contributed by atoms with E-state index in [0.29, 0.717) is 12.1 Å². The van der Waals surface area contributed by atoms with E-state index >= 15 is 0 Å². The summed E-state index contributed by atoms with van der Waals surface area (Å²) in [6.07, 6.45) is 2.35. The molecule has 0 bridgehead atoms. The number of rotatable bonds is 2. The summed E-state index contributed by atoms with van der Waals surface area (Å²) < 4.78 is 8.01. The highest BCUT2D eigenvalue weighted by Crippen LogP contribution is 2.34. The Balaban J connectivity index is 2.13. The molecular formula is C16H21ClN2O. The molecule has 4 heteroatoms. The molecule has 0 amide bonds. The Morgan fingerprint density at radius 3 is 2.95 bits per heavy atom. The van der Waals surface area contributed by atoms with Gasteiger partial charge in [-0.25, -0.2) is 4.98 Å². The maximum Gasteiger partial charge on any atom is 0.127 e. The van der Waals surface area contributed by atoms with E-state index < -0.39 is 0 Å². The van der Waals surface area contributed by atoms with Crippen LogP contribution in [0.25, 0.3) is 11.0 Å². The molecule has 1 aromatic heterocycles. The first-order valence-corrected chi connectivity index (χ1v) is 7.74. The molecule has 1 aliphatic heterocycles. The molecule has 0 N–H and O–H groups in total. The van der Waals surface area contributed by atoms with Crippen LogP contribution in [0, 0.1) is 6.92 Å². The van der Waals surface area contributed by atoms with Crippen molar-refractivity contribution in [2.75, 3.05) is 6.61 Å². The predicted molar refractivity (Wildman–Crippen MR) is 82.4 cm³/mol. The Labute approximate surface area is 124 Å².